The summed E-state index contributed by atoms with van der Waals surface area (Å²) in [6, 6.07) is 6.78. The monoisotopic (exact) mass is 332 g/mol. The van der Waals surface area contributed by atoms with E-state index in [9.17, 15) is 14.7 Å². The van der Waals surface area contributed by atoms with Gasteiger partial charge in [0.15, 0.2) is 0 Å². The molecule has 1 aromatic carbocycles. The molecule has 0 aliphatic heterocycles. The normalized spacial score (nSPS) is 16.5. The summed E-state index contributed by atoms with van der Waals surface area (Å²) in [5, 5.41) is 15.1. The van der Waals surface area contributed by atoms with Crippen LogP contribution < -0.4 is 10.6 Å². The third kappa shape index (κ3) is 4.81. The maximum atomic E-state index is 12.5. The molecular formula is C19H28N2O3. The van der Waals surface area contributed by atoms with Crippen molar-refractivity contribution in [2.45, 2.75) is 46.1 Å². The smallest absolute Gasteiger partial charge is 0.252 e. The molecular weight excluding hydrogens is 304 g/mol. The van der Waals surface area contributed by atoms with Gasteiger partial charge in [-0.05, 0) is 43.7 Å². The first-order valence-electron chi connectivity index (χ1n) is 8.62. The van der Waals surface area contributed by atoms with Gasteiger partial charge in [-0.25, -0.2) is 0 Å². The molecule has 0 spiro atoms. The average Bonchev–Trinajstić information content (AvgIpc) is 3.32. The van der Waals surface area contributed by atoms with Crippen LogP contribution in [-0.2, 0) is 4.79 Å². The van der Waals surface area contributed by atoms with E-state index in [0.29, 0.717) is 18.5 Å². The van der Waals surface area contributed by atoms with Crippen LogP contribution in [-0.4, -0.2) is 36.1 Å². The summed E-state index contributed by atoms with van der Waals surface area (Å²) in [6.07, 6.45) is 2.46. The summed E-state index contributed by atoms with van der Waals surface area (Å²) in [6.45, 7) is 6.49. The summed E-state index contributed by atoms with van der Waals surface area (Å²) in [7, 11) is 0. The Bertz CT molecular complexity index is 594. The van der Waals surface area contributed by atoms with Crippen molar-refractivity contribution in [1.82, 2.24) is 10.6 Å². The SMILES string of the molecule is Cc1ccccc1C(=O)NC(CC(C)C)C(=O)NCC1(CO)CC1. The van der Waals surface area contributed by atoms with Gasteiger partial charge in [-0.2, -0.15) is 0 Å². The van der Waals surface area contributed by atoms with Crippen LogP contribution in [0, 0.1) is 18.3 Å². The van der Waals surface area contributed by atoms with E-state index in [1.54, 1.807) is 6.07 Å². The number of hydrogen-bond acceptors (Lipinski definition) is 3. The van der Waals surface area contributed by atoms with Gasteiger partial charge in [-0.15, -0.1) is 0 Å². The molecule has 0 radical (unpaired) electrons. The molecule has 1 aliphatic carbocycles. The minimum absolute atomic E-state index is 0.0949. The van der Waals surface area contributed by atoms with Crippen molar-refractivity contribution in [3.05, 3.63) is 35.4 Å². The fourth-order valence-electron chi connectivity index (χ4n) is 2.73. The van der Waals surface area contributed by atoms with E-state index in [1.807, 2.05) is 39.0 Å². The molecule has 1 unspecified atom stereocenters. The first kappa shape index (κ1) is 18.5. The first-order valence-corrected chi connectivity index (χ1v) is 8.62. The van der Waals surface area contributed by atoms with E-state index in [-0.39, 0.29) is 29.8 Å². The molecule has 1 aliphatic rings. The van der Waals surface area contributed by atoms with E-state index in [1.165, 1.54) is 0 Å². The Kier molecular flexibility index (Phi) is 5.99. The highest BCUT2D eigenvalue weighted by molar-refractivity contribution is 5.98. The summed E-state index contributed by atoms with van der Waals surface area (Å²) in [5.74, 6) is -0.117. The average molecular weight is 332 g/mol. The minimum Gasteiger partial charge on any atom is -0.396 e. The van der Waals surface area contributed by atoms with Gasteiger partial charge in [-0.3, -0.25) is 9.59 Å². The van der Waals surface area contributed by atoms with Crippen molar-refractivity contribution < 1.29 is 14.7 Å². The standard InChI is InChI=1S/C19H28N2O3/c1-13(2)10-16(18(24)20-11-19(12-22)8-9-19)21-17(23)15-7-5-4-6-14(15)3/h4-7,13,16,22H,8-12H2,1-3H3,(H,20,24)(H,21,23). The summed E-state index contributed by atoms with van der Waals surface area (Å²) in [4.78, 5) is 25.0. The van der Waals surface area contributed by atoms with Crippen molar-refractivity contribution in [2.75, 3.05) is 13.2 Å². The van der Waals surface area contributed by atoms with Gasteiger partial charge in [0.1, 0.15) is 6.04 Å². The largest absolute Gasteiger partial charge is 0.396 e. The maximum absolute atomic E-state index is 12.5. The molecule has 0 aromatic heterocycles. The van der Waals surface area contributed by atoms with Crippen LogP contribution in [0.2, 0.25) is 0 Å². The highest BCUT2D eigenvalue weighted by Crippen LogP contribution is 2.44. The predicted molar refractivity (Wildman–Crippen MR) is 93.7 cm³/mol. The Balaban J connectivity index is 2.00. The van der Waals surface area contributed by atoms with E-state index >= 15 is 0 Å². The summed E-state index contributed by atoms with van der Waals surface area (Å²) < 4.78 is 0. The molecule has 132 valence electrons. The molecule has 2 rings (SSSR count). The van der Waals surface area contributed by atoms with Gasteiger partial charge in [-0.1, -0.05) is 32.0 Å². The van der Waals surface area contributed by atoms with Crippen LogP contribution >= 0.6 is 0 Å². The lowest BCUT2D eigenvalue weighted by Crippen LogP contribution is -2.49. The van der Waals surface area contributed by atoms with Gasteiger partial charge >= 0.3 is 0 Å². The molecule has 1 saturated carbocycles. The fourth-order valence-corrected chi connectivity index (χ4v) is 2.73. The topological polar surface area (TPSA) is 78.4 Å². The number of rotatable bonds is 8. The van der Waals surface area contributed by atoms with Gasteiger partial charge in [0.05, 0.1) is 6.61 Å². The van der Waals surface area contributed by atoms with E-state index in [0.717, 1.165) is 18.4 Å². The number of carbonyl (C=O) groups is 2. The molecule has 1 fully saturated rings. The third-order valence-corrected chi connectivity index (χ3v) is 4.65. The molecule has 5 nitrogen and oxygen atoms in total. The molecule has 0 bridgehead atoms. The second-order valence-electron chi connectivity index (χ2n) is 7.35. The Hall–Kier alpha value is -1.88. The van der Waals surface area contributed by atoms with Crippen molar-refractivity contribution in [3.8, 4) is 0 Å². The zero-order chi connectivity index (χ0) is 17.7. The Labute approximate surface area is 143 Å². The van der Waals surface area contributed by atoms with Crippen LogP contribution in [0.4, 0.5) is 0 Å². The predicted octanol–water partition coefficient (Wildman–Crippen LogP) is 2.03. The van der Waals surface area contributed by atoms with Gasteiger partial charge in [0.25, 0.3) is 5.91 Å². The van der Waals surface area contributed by atoms with Crippen molar-refractivity contribution in [3.63, 3.8) is 0 Å². The number of aliphatic hydroxyl groups excluding tert-OH is 1. The van der Waals surface area contributed by atoms with Crippen LogP contribution in [0.1, 0.15) is 49.0 Å². The number of hydrogen-bond donors (Lipinski definition) is 3. The lowest BCUT2D eigenvalue weighted by atomic mass is 10.0. The molecule has 1 aromatic rings. The quantitative estimate of drug-likeness (QED) is 0.681. The third-order valence-electron chi connectivity index (χ3n) is 4.65. The fraction of sp³-hybridized carbons (Fsp3) is 0.579. The van der Waals surface area contributed by atoms with Crippen molar-refractivity contribution in [1.29, 1.82) is 0 Å². The lowest BCUT2D eigenvalue weighted by molar-refractivity contribution is -0.123. The highest BCUT2D eigenvalue weighted by atomic mass is 16.3. The second kappa shape index (κ2) is 7.79. The van der Waals surface area contributed by atoms with Gasteiger partial charge < -0.3 is 15.7 Å². The number of nitrogens with one attached hydrogen (secondary N) is 2. The Morgan fingerprint density at radius 2 is 1.92 bits per heavy atom. The molecule has 24 heavy (non-hydrogen) atoms. The zero-order valence-electron chi connectivity index (χ0n) is 14.8. The number of carbonyl (C=O) groups excluding carboxylic acids is 2. The molecule has 1 atom stereocenters. The van der Waals surface area contributed by atoms with Crippen LogP contribution in [0.15, 0.2) is 24.3 Å². The highest BCUT2D eigenvalue weighted by Gasteiger charge is 2.42. The number of benzene rings is 1. The number of amides is 2. The summed E-state index contributed by atoms with van der Waals surface area (Å²) in [5.41, 5.74) is 1.34. The van der Waals surface area contributed by atoms with Crippen molar-refractivity contribution >= 4 is 11.8 Å². The molecule has 5 heteroatoms. The second-order valence-corrected chi connectivity index (χ2v) is 7.35. The molecule has 3 N–H and O–H groups in total. The molecule has 2 amide bonds. The van der Waals surface area contributed by atoms with E-state index < -0.39 is 6.04 Å². The number of aliphatic hydroxyl groups is 1. The Morgan fingerprint density at radius 3 is 2.46 bits per heavy atom. The van der Waals surface area contributed by atoms with Crippen LogP contribution in [0.3, 0.4) is 0 Å². The maximum Gasteiger partial charge on any atom is 0.252 e. The van der Waals surface area contributed by atoms with Crippen LogP contribution in [0.25, 0.3) is 0 Å². The molecule has 0 heterocycles. The zero-order valence-corrected chi connectivity index (χ0v) is 14.8. The van der Waals surface area contributed by atoms with E-state index in [2.05, 4.69) is 10.6 Å². The van der Waals surface area contributed by atoms with E-state index in [4.69, 9.17) is 0 Å². The van der Waals surface area contributed by atoms with Crippen molar-refractivity contribution in [2.24, 2.45) is 11.3 Å². The van der Waals surface area contributed by atoms with Gasteiger partial charge in [0, 0.05) is 17.5 Å². The summed E-state index contributed by atoms with van der Waals surface area (Å²) >= 11 is 0. The lowest BCUT2D eigenvalue weighted by Gasteiger charge is -2.22. The van der Waals surface area contributed by atoms with Gasteiger partial charge in [0.2, 0.25) is 5.91 Å². The Morgan fingerprint density at radius 1 is 1.25 bits per heavy atom. The first-order chi connectivity index (χ1) is 11.4. The molecule has 0 saturated heterocycles. The van der Waals surface area contributed by atoms with Crippen LogP contribution in [0.5, 0.6) is 0 Å². The number of aryl methyl sites for hydroxylation is 1. The minimum atomic E-state index is -0.563.